The van der Waals surface area contributed by atoms with Gasteiger partial charge in [0.05, 0.1) is 31.1 Å². The lowest BCUT2D eigenvalue weighted by molar-refractivity contribution is 0.0940. The molecule has 180 valence electrons. The molecule has 34 heavy (non-hydrogen) atoms. The van der Waals surface area contributed by atoms with E-state index in [4.69, 9.17) is 27.9 Å². The maximum absolute atomic E-state index is 12.8. The highest BCUT2D eigenvalue weighted by Gasteiger charge is 2.21. The lowest BCUT2D eigenvalue weighted by Crippen LogP contribution is -2.30. The van der Waals surface area contributed by atoms with Crippen LogP contribution in [0.15, 0.2) is 66.7 Å². The molecule has 0 aliphatic rings. The number of nitrogens with one attached hydrogen (secondary N) is 1. The van der Waals surface area contributed by atoms with Crippen molar-refractivity contribution in [2.45, 2.75) is 26.4 Å². The summed E-state index contributed by atoms with van der Waals surface area (Å²) < 4.78 is 31.6. The van der Waals surface area contributed by atoms with E-state index in [1.165, 1.54) is 4.31 Å². The molecule has 1 atom stereocenters. The highest BCUT2D eigenvalue weighted by Crippen LogP contribution is 2.29. The lowest BCUT2D eigenvalue weighted by Gasteiger charge is -2.24. The van der Waals surface area contributed by atoms with E-state index in [1.54, 1.807) is 42.5 Å². The van der Waals surface area contributed by atoms with Crippen LogP contribution >= 0.6 is 23.2 Å². The van der Waals surface area contributed by atoms with Crippen molar-refractivity contribution in [1.82, 2.24) is 5.32 Å². The molecule has 6 nitrogen and oxygen atoms in total. The molecule has 3 aromatic carbocycles. The first-order chi connectivity index (χ1) is 16.1. The number of carbonyl (C=O) groups is 1. The van der Waals surface area contributed by atoms with Gasteiger partial charge in [0.15, 0.2) is 0 Å². The fraction of sp³-hybridized carbons (Fsp3) is 0.240. The number of ether oxygens (including phenoxy) is 1. The van der Waals surface area contributed by atoms with E-state index in [0.717, 1.165) is 17.6 Å². The summed E-state index contributed by atoms with van der Waals surface area (Å²) in [5, 5.41) is 3.70. The molecule has 0 unspecified atom stereocenters. The fourth-order valence-electron chi connectivity index (χ4n) is 3.39. The SMILES string of the molecule is CCOc1ccc([C@H](C)NC(=O)c2ccc(N(Cc3c(Cl)cccc3Cl)S(C)(=O)=O)cc2)cc1. The van der Waals surface area contributed by atoms with Gasteiger partial charge in [-0.2, -0.15) is 0 Å². The molecule has 0 heterocycles. The van der Waals surface area contributed by atoms with Gasteiger partial charge in [0.25, 0.3) is 5.91 Å². The Morgan fingerprint density at radius 2 is 1.59 bits per heavy atom. The van der Waals surface area contributed by atoms with Gasteiger partial charge in [-0.05, 0) is 67.9 Å². The number of amides is 1. The number of hydrogen-bond acceptors (Lipinski definition) is 4. The molecule has 1 N–H and O–H groups in total. The third-order valence-electron chi connectivity index (χ3n) is 5.22. The van der Waals surface area contributed by atoms with E-state index in [2.05, 4.69) is 5.32 Å². The minimum absolute atomic E-state index is 0.0301. The Morgan fingerprint density at radius 3 is 2.12 bits per heavy atom. The van der Waals surface area contributed by atoms with Crippen LogP contribution in [-0.2, 0) is 16.6 Å². The first kappa shape index (κ1) is 25.9. The van der Waals surface area contributed by atoms with E-state index in [1.807, 2.05) is 38.1 Å². The molecule has 3 rings (SSSR count). The zero-order chi connectivity index (χ0) is 24.9. The van der Waals surface area contributed by atoms with Gasteiger partial charge in [0, 0.05) is 21.2 Å². The maximum atomic E-state index is 12.8. The molecule has 0 saturated carbocycles. The summed E-state index contributed by atoms with van der Waals surface area (Å²) in [6, 6.07) is 18.7. The third kappa shape index (κ3) is 6.44. The Kier molecular flexibility index (Phi) is 8.47. The molecule has 0 aliphatic heterocycles. The van der Waals surface area contributed by atoms with Crippen molar-refractivity contribution in [3.63, 3.8) is 0 Å². The van der Waals surface area contributed by atoms with Crippen molar-refractivity contribution < 1.29 is 17.9 Å². The molecule has 1 amide bonds. The Bertz CT molecular complexity index is 1230. The zero-order valence-electron chi connectivity index (χ0n) is 19.1. The Hall–Kier alpha value is -2.74. The Labute approximate surface area is 210 Å². The quantitative estimate of drug-likeness (QED) is 0.383. The van der Waals surface area contributed by atoms with Gasteiger partial charge in [0.2, 0.25) is 10.0 Å². The van der Waals surface area contributed by atoms with Crippen LogP contribution in [0.2, 0.25) is 10.0 Å². The zero-order valence-corrected chi connectivity index (χ0v) is 21.4. The molecule has 0 fully saturated rings. The van der Waals surface area contributed by atoms with Gasteiger partial charge < -0.3 is 10.1 Å². The molecule has 0 spiro atoms. The van der Waals surface area contributed by atoms with Crippen LogP contribution in [-0.4, -0.2) is 27.2 Å². The molecule has 0 bridgehead atoms. The largest absolute Gasteiger partial charge is 0.494 e. The smallest absolute Gasteiger partial charge is 0.251 e. The summed E-state index contributed by atoms with van der Waals surface area (Å²) in [7, 11) is -3.64. The van der Waals surface area contributed by atoms with Gasteiger partial charge in [-0.1, -0.05) is 41.4 Å². The van der Waals surface area contributed by atoms with Gasteiger partial charge in [0.1, 0.15) is 5.75 Å². The lowest BCUT2D eigenvalue weighted by atomic mass is 10.1. The number of halogens is 2. The number of hydrogen-bond donors (Lipinski definition) is 1. The number of anilines is 1. The van der Waals surface area contributed by atoms with E-state index in [-0.39, 0.29) is 18.5 Å². The van der Waals surface area contributed by atoms with Gasteiger partial charge in [-0.25, -0.2) is 8.42 Å². The highest BCUT2D eigenvalue weighted by molar-refractivity contribution is 7.92. The van der Waals surface area contributed by atoms with Gasteiger partial charge in [-0.15, -0.1) is 0 Å². The van der Waals surface area contributed by atoms with Crippen LogP contribution < -0.4 is 14.4 Å². The first-order valence-corrected chi connectivity index (χ1v) is 13.2. The number of rotatable bonds is 9. The van der Waals surface area contributed by atoms with Crippen molar-refractivity contribution in [2.75, 3.05) is 17.2 Å². The van der Waals surface area contributed by atoms with E-state index < -0.39 is 10.0 Å². The number of nitrogens with zero attached hydrogens (tertiary/aromatic N) is 1. The molecule has 9 heteroatoms. The molecule has 0 radical (unpaired) electrons. The van der Waals surface area contributed by atoms with Crippen LogP contribution in [0.25, 0.3) is 0 Å². The second kappa shape index (κ2) is 11.1. The average molecular weight is 521 g/mol. The van der Waals surface area contributed by atoms with Crippen molar-refractivity contribution in [2.24, 2.45) is 0 Å². The molecule has 0 saturated heterocycles. The summed E-state index contributed by atoms with van der Waals surface area (Å²) in [4.78, 5) is 12.8. The van der Waals surface area contributed by atoms with Crippen LogP contribution in [0, 0.1) is 0 Å². The van der Waals surface area contributed by atoms with Crippen LogP contribution in [0.3, 0.4) is 0 Å². The van der Waals surface area contributed by atoms with Gasteiger partial charge >= 0.3 is 0 Å². The molecule has 0 aromatic heterocycles. The van der Waals surface area contributed by atoms with Crippen LogP contribution in [0.1, 0.15) is 41.4 Å². The van der Waals surface area contributed by atoms with E-state index in [9.17, 15) is 13.2 Å². The van der Waals surface area contributed by atoms with Crippen LogP contribution in [0.4, 0.5) is 5.69 Å². The summed E-state index contributed by atoms with van der Waals surface area (Å²) in [5.74, 6) is 0.502. The standard InChI is InChI=1S/C25H26Cl2N2O4S/c1-4-33-21-14-10-18(11-15-21)17(2)28-25(30)19-8-12-20(13-9-19)29(34(3,31)32)16-22-23(26)6-5-7-24(22)27/h5-15,17H,4,16H2,1-3H3,(H,28,30)/t17-/m0/s1. The molecule has 0 aliphatic carbocycles. The predicted molar refractivity (Wildman–Crippen MR) is 137 cm³/mol. The van der Waals surface area contributed by atoms with Gasteiger partial charge in [-0.3, -0.25) is 9.10 Å². The predicted octanol–water partition coefficient (Wildman–Crippen LogP) is 5.85. The summed E-state index contributed by atoms with van der Waals surface area (Å²) in [6.45, 7) is 4.37. The van der Waals surface area contributed by atoms with E-state index in [0.29, 0.717) is 33.5 Å². The number of sulfonamides is 1. The Morgan fingerprint density at radius 1 is 1.00 bits per heavy atom. The highest BCUT2D eigenvalue weighted by atomic mass is 35.5. The van der Waals surface area contributed by atoms with Crippen molar-refractivity contribution >= 4 is 44.8 Å². The second-order valence-electron chi connectivity index (χ2n) is 7.71. The first-order valence-electron chi connectivity index (χ1n) is 10.6. The average Bonchev–Trinajstić information content (AvgIpc) is 2.79. The van der Waals surface area contributed by atoms with Crippen molar-refractivity contribution in [3.8, 4) is 5.75 Å². The number of benzene rings is 3. The topological polar surface area (TPSA) is 75.7 Å². The minimum atomic E-state index is -3.64. The van der Waals surface area contributed by atoms with Crippen molar-refractivity contribution in [3.05, 3.63) is 93.5 Å². The van der Waals surface area contributed by atoms with E-state index >= 15 is 0 Å². The summed E-state index contributed by atoms with van der Waals surface area (Å²) >= 11 is 12.5. The fourth-order valence-corrected chi connectivity index (χ4v) is 4.77. The minimum Gasteiger partial charge on any atom is -0.494 e. The monoisotopic (exact) mass is 520 g/mol. The summed E-state index contributed by atoms with van der Waals surface area (Å²) in [6.07, 6.45) is 1.11. The normalized spacial score (nSPS) is 12.1. The molecule has 3 aromatic rings. The second-order valence-corrected chi connectivity index (χ2v) is 10.4. The molecular weight excluding hydrogens is 495 g/mol. The molecular formula is C25H26Cl2N2O4S. The van der Waals surface area contributed by atoms with Crippen LogP contribution in [0.5, 0.6) is 5.75 Å². The maximum Gasteiger partial charge on any atom is 0.251 e. The number of carbonyl (C=O) groups excluding carboxylic acids is 1. The summed E-state index contributed by atoms with van der Waals surface area (Å²) in [5.41, 5.74) is 2.25. The Balaban J connectivity index is 1.75. The third-order valence-corrected chi connectivity index (χ3v) is 7.07. The van der Waals surface area contributed by atoms with Crippen molar-refractivity contribution in [1.29, 1.82) is 0 Å².